The summed E-state index contributed by atoms with van der Waals surface area (Å²) in [6, 6.07) is 17.0. The predicted molar refractivity (Wildman–Crippen MR) is 85.3 cm³/mol. The van der Waals surface area contributed by atoms with Gasteiger partial charge < -0.3 is 5.32 Å². The van der Waals surface area contributed by atoms with Gasteiger partial charge in [-0.05, 0) is 18.5 Å². The zero-order valence-corrected chi connectivity index (χ0v) is 12.7. The standard InChI is InChI=1S/C15H16N2O2.BrH/c18-17(19)15-9-5-4-8-14(15)12-16-11-10-13-6-2-1-3-7-13;/h1-9,16H,10-12H2;1H. The summed E-state index contributed by atoms with van der Waals surface area (Å²) in [4.78, 5) is 10.5. The van der Waals surface area contributed by atoms with Gasteiger partial charge in [-0.25, -0.2) is 0 Å². The molecule has 0 radical (unpaired) electrons. The van der Waals surface area contributed by atoms with Crippen molar-refractivity contribution in [3.63, 3.8) is 0 Å². The van der Waals surface area contributed by atoms with Gasteiger partial charge >= 0.3 is 0 Å². The van der Waals surface area contributed by atoms with E-state index in [2.05, 4.69) is 17.4 Å². The minimum absolute atomic E-state index is 0. The van der Waals surface area contributed by atoms with Gasteiger partial charge in [-0.1, -0.05) is 48.5 Å². The first-order valence-electron chi connectivity index (χ1n) is 6.24. The molecule has 0 aliphatic rings. The zero-order chi connectivity index (χ0) is 13.5. The Bertz CT molecular complexity index is 547. The van der Waals surface area contributed by atoms with E-state index in [9.17, 15) is 10.1 Å². The van der Waals surface area contributed by atoms with Crippen LogP contribution in [0.2, 0.25) is 0 Å². The summed E-state index contributed by atoms with van der Waals surface area (Å²) in [6.07, 6.45) is 0.918. The van der Waals surface area contributed by atoms with Crippen LogP contribution in [-0.2, 0) is 13.0 Å². The fourth-order valence-corrected chi connectivity index (χ4v) is 1.94. The van der Waals surface area contributed by atoms with Crippen molar-refractivity contribution in [1.82, 2.24) is 5.32 Å². The maximum atomic E-state index is 10.9. The average molecular weight is 337 g/mol. The summed E-state index contributed by atoms with van der Waals surface area (Å²) in [5.41, 5.74) is 2.16. The second-order valence-electron chi connectivity index (χ2n) is 4.30. The van der Waals surface area contributed by atoms with E-state index >= 15 is 0 Å². The molecule has 5 heteroatoms. The molecule has 0 spiro atoms. The molecule has 0 saturated carbocycles. The lowest BCUT2D eigenvalue weighted by atomic mass is 10.1. The molecule has 0 fully saturated rings. The Kier molecular flexibility index (Phi) is 6.90. The normalized spacial score (nSPS) is 9.80. The van der Waals surface area contributed by atoms with Crippen LogP contribution in [0.5, 0.6) is 0 Å². The van der Waals surface area contributed by atoms with E-state index in [4.69, 9.17) is 0 Å². The molecule has 2 aromatic carbocycles. The van der Waals surface area contributed by atoms with E-state index in [0.717, 1.165) is 18.5 Å². The highest BCUT2D eigenvalue weighted by Gasteiger charge is 2.10. The number of halogens is 1. The molecule has 4 nitrogen and oxygen atoms in total. The minimum atomic E-state index is -0.339. The minimum Gasteiger partial charge on any atom is -0.312 e. The van der Waals surface area contributed by atoms with E-state index < -0.39 is 0 Å². The lowest BCUT2D eigenvalue weighted by Gasteiger charge is -2.05. The quantitative estimate of drug-likeness (QED) is 0.499. The molecule has 0 aliphatic heterocycles. The first-order valence-corrected chi connectivity index (χ1v) is 6.24. The molecule has 0 saturated heterocycles. The Balaban J connectivity index is 0.00000200. The summed E-state index contributed by atoms with van der Waals surface area (Å²) in [6.45, 7) is 1.32. The van der Waals surface area contributed by atoms with Crippen molar-refractivity contribution in [2.24, 2.45) is 0 Å². The number of hydrogen-bond donors (Lipinski definition) is 1. The van der Waals surface area contributed by atoms with E-state index in [1.54, 1.807) is 12.1 Å². The monoisotopic (exact) mass is 336 g/mol. The summed E-state index contributed by atoms with van der Waals surface area (Å²) in [5.74, 6) is 0. The van der Waals surface area contributed by atoms with Gasteiger partial charge in [0.25, 0.3) is 5.69 Å². The van der Waals surface area contributed by atoms with Crippen LogP contribution < -0.4 is 5.32 Å². The third kappa shape index (κ3) is 4.75. The van der Waals surface area contributed by atoms with Crippen LogP contribution >= 0.6 is 17.0 Å². The number of nitro groups is 1. The second kappa shape index (κ2) is 8.45. The van der Waals surface area contributed by atoms with Gasteiger partial charge in [-0.2, -0.15) is 0 Å². The van der Waals surface area contributed by atoms with Crippen LogP contribution in [0.15, 0.2) is 54.6 Å². The predicted octanol–water partition coefficient (Wildman–Crippen LogP) is 3.51. The Labute approximate surface area is 128 Å². The molecule has 0 heterocycles. The molecule has 0 aliphatic carbocycles. The topological polar surface area (TPSA) is 55.2 Å². The first kappa shape index (κ1) is 16.3. The van der Waals surface area contributed by atoms with Crippen LogP contribution in [0.1, 0.15) is 11.1 Å². The van der Waals surface area contributed by atoms with Crippen LogP contribution in [-0.4, -0.2) is 11.5 Å². The Hall–Kier alpha value is -1.72. The SMILES string of the molecule is Br.O=[N+]([O-])c1ccccc1CNCCc1ccccc1. The highest BCUT2D eigenvalue weighted by atomic mass is 79.9. The first-order chi connectivity index (χ1) is 9.27. The fourth-order valence-electron chi connectivity index (χ4n) is 1.94. The molecular weight excluding hydrogens is 320 g/mol. The van der Waals surface area contributed by atoms with Crippen LogP contribution in [0.3, 0.4) is 0 Å². The van der Waals surface area contributed by atoms with Gasteiger partial charge in [0.2, 0.25) is 0 Å². The molecular formula is C15H17BrN2O2. The molecule has 0 aromatic heterocycles. The van der Waals surface area contributed by atoms with Crippen molar-refractivity contribution in [3.05, 3.63) is 75.8 Å². The number of nitro benzene ring substituents is 1. The van der Waals surface area contributed by atoms with Crippen molar-refractivity contribution < 1.29 is 4.92 Å². The third-order valence-electron chi connectivity index (χ3n) is 2.94. The maximum Gasteiger partial charge on any atom is 0.273 e. The molecule has 1 N–H and O–H groups in total. The largest absolute Gasteiger partial charge is 0.312 e. The molecule has 0 amide bonds. The van der Waals surface area contributed by atoms with E-state index in [-0.39, 0.29) is 27.6 Å². The van der Waals surface area contributed by atoms with E-state index in [0.29, 0.717) is 6.54 Å². The number of rotatable bonds is 6. The van der Waals surface area contributed by atoms with Gasteiger partial charge in [-0.15, -0.1) is 17.0 Å². The molecule has 0 atom stereocenters. The summed E-state index contributed by atoms with van der Waals surface area (Å²) in [7, 11) is 0. The number of benzene rings is 2. The van der Waals surface area contributed by atoms with Gasteiger partial charge in [0.05, 0.1) is 4.92 Å². The number of nitrogens with one attached hydrogen (secondary N) is 1. The van der Waals surface area contributed by atoms with Crippen molar-refractivity contribution in [1.29, 1.82) is 0 Å². The van der Waals surface area contributed by atoms with Crippen molar-refractivity contribution in [2.45, 2.75) is 13.0 Å². The van der Waals surface area contributed by atoms with Crippen LogP contribution in [0.25, 0.3) is 0 Å². The van der Waals surface area contributed by atoms with E-state index in [1.165, 1.54) is 11.6 Å². The third-order valence-corrected chi connectivity index (χ3v) is 2.94. The Morgan fingerprint density at radius 3 is 2.35 bits per heavy atom. The molecule has 106 valence electrons. The van der Waals surface area contributed by atoms with Crippen molar-refractivity contribution >= 4 is 22.7 Å². The summed E-state index contributed by atoms with van der Waals surface area (Å²) < 4.78 is 0. The van der Waals surface area contributed by atoms with Crippen LogP contribution in [0.4, 0.5) is 5.69 Å². The van der Waals surface area contributed by atoms with Crippen molar-refractivity contribution in [3.8, 4) is 0 Å². The molecule has 2 aromatic rings. The van der Waals surface area contributed by atoms with Crippen molar-refractivity contribution in [2.75, 3.05) is 6.54 Å². The van der Waals surface area contributed by atoms with Gasteiger partial charge in [-0.3, -0.25) is 10.1 Å². The maximum absolute atomic E-state index is 10.9. The average Bonchev–Trinajstić information content (AvgIpc) is 2.45. The highest BCUT2D eigenvalue weighted by Crippen LogP contribution is 2.16. The van der Waals surface area contributed by atoms with Gasteiger partial charge in [0, 0.05) is 18.2 Å². The summed E-state index contributed by atoms with van der Waals surface area (Å²) in [5, 5.41) is 14.1. The molecule has 20 heavy (non-hydrogen) atoms. The fraction of sp³-hybridized carbons (Fsp3) is 0.200. The highest BCUT2D eigenvalue weighted by molar-refractivity contribution is 8.93. The lowest BCUT2D eigenvalue weighted by Crippen LogP contribution is -2.17. The lowest BCUT2D eigenvalue weighted by molar-refractivity contribution is -0.385. The number of nitrogens with zero attached hydrogens (tertiary/aromatic N) is 1. The number of para-hydroxylation sites is 1. The Morgan fingerprint density at radius 1 is 1.00 bits per heavy atom. The Morgan fingerprint density at radius 2 is 1.65 bits per heavy atom. The molecule has 0 unspecified atom stereocenters. The molecule has 0 bridgehead atoms. The van der Waals surface area contributed by atoms with Gasteiger partial charge in [0.15, 0.2) is 0 Å². The van der Waals surface area contributed by atoms with E-state index in [1.807, 2.05) is 24.3 Å². The summed E-state index contributed by atoms with van der Waals surface area (Å²) >= 11 is 0. The van der Waals surface area contributed by atoms with Crippen LogP contribution in [0, 0.1) is 10.1 Å². The second-order valence-corrected chi connectivity index (χ2v) is 4.30. The van der Waals surface area contributed by atoms with Gasteiger partial charge in [0.1, 0.15) is 0 Å². The smallest absolute Gasteiger partial charge is 0.273 e. The number of hydrogen-bond acceptors (Lipinski definition) is 3. The molecule has 2 rings (SSSR count). The zero-order valence-electron chi connectivity index (χ0n) is 11.0.